The first kappa shape index (κ1) is 17.3. The second-order valence-electron chi connectivity index (χ2n) is 3.94. The maximum absolute atomic E-state index is 13.2. The lowest BCUT2D eigenvalue weighted by molar-refractivity contribution is -0.148. The van der Waals surface area contributed by atoms with Crippen molar-refractivity contribution in [1.29, 1.82) is 0 Å². The Bertz CT molecular complexity index is 582. The quantitative estimate of drug-likeness (QED) is 0.556. The SMILES string of the molecule is COc1ccc(CC(=O)OCC(F)(F)S(=O)(=O)OC)cc1. The van der Waals surface area contributed by atoms with Gasteiger partial charge in [0, 0.05) is 0 Å². The van der Waals surface area contributed by atoms with E-state index in [1.165, 1.54) is 7.11 Å². The van der Waals surface area contributed by atoms with E-state index in [4.69, 9.17) is 4.74 Å². The summed E-state index contributed by atoms with van der Waals surface area (Å²) in [6, 6.07) is 6.30. The van der Waals surface area contributed by atoms with Gasteiger partial charge in [-0.1, -0.05) is 12.1 Å². The molecule has 1 rings (SSSR count). The number of hydrogen-bond acceptors (Lipinski definition) is 6. The van der Waals surface area contributed by atoms with E-state index in [0.29, 0.717) is 18.4 Å². The smallest absolute Gasteiger partial charge is 0.403 e. The fourth-order valence-electron chi connectivity index (χ4n) is 1.32. The largest absolute Gasteiger partial charge is 0.497 e. The summed E-state index contributed by atoms with van der Waals surface area (Å²) in [5, 5.41) is -4.29. The number of methoxy groups -OCH3 is 1. The van der Waals surface area contributed by atoms with Crippen LogP contribution in [-0.2, 0) is 30.3 Å². The lowest BCUT2D eigenvalue weighted by Crippen LogP contribution is -2.36. The normalized spacial score (nSPS) is 12.0. The van der Waals surface area contributed by atoms with Gasteiger partial charge in [0.1, 0.15) is 5.75 Å². The molecule has 0 aliphatic rings. The molecule has 0 spiro atoms. The molecule has 0 heterocycles. The maximum Gasteiger partial charge on any atom is 0.403 e. The van der Waals surface area contributed by atoms with Gasteiger partial charge in [0.15, 0.2) is 6.61 Å². The highest BCUT2D eigenvalue weighted by atomic mass is 32.2. The number of ether oxygens (including phenoxy) is 2. The molecule has 6 nitrogen and oxygen atoms in total. The minimum atomic E-state index is -5.10. The Balaban J connectivity index is 2.58. The number of carbonyl (C=O) groups excluding carboxylic acids is 1. The van der Waals surface area contributed by atoms with Crippen molar-refractivity contribution in [3.8, 4) is 5.75 Å². The molecule has 21 heavy (non-hydrogen) atoms. The number of alkyl halides is 2. The van der Waals surface area contributed by atoms with Gasteiger partial charge in [0.2, 0.25) is 0 Å². The summed E-state index contributed by atoms with van der Waals surface area (Å²) < 4.78 is 61.0. The summed E-state index contributed by atoms with van der Waals surface area (Å²) in [5.41, 5.74) is 0.513. The van der Waals surface area contributed by atoms with E-state index in [-0.39, 0.29) is 6.42 Å². The molecule has 0 unspecified atom stereocenters. The molecular formula is C12H14F2O6S. The first-order valence-electron chi connectivity index (χ1n) is 5.68. The third kappa shape index (κ3) is 4.64. The summed E-state index contributed by atoms with van der Waals surface area (Å²) in [7, 11) is -3.03. The molecule has 0 atom stereocenters. The van der Waals surface area contributed by atoms with Crippen LogP contribution in [0.4, 0.5) is 8.78 Å². The number of carbonyl (C=O) groups is 1. The van der Waals surface area contributed by atoms with Crippen LogP contribution in [0.1, 0.15) is 5.56 Å². The summed E-state index contributed by atoms with van der Waals surface area (Å²) in [6.07, 6.45) is -0.271. The molecule has 1 aromatic carbocycles. The molecule has 118 valence electrons. The summed E-state index contributed by atoms with van der Waals surface area (Å²) in [4.78, 5) is 11.4. The number of halogens is 2. The van der Waals surface area contributed by atoms with Gasteiger partial charge in [-0.3, -0.25) is 8.98 Å². The number of hydrogen-bond donors (Lipinski definition) is 0. The van der Waals surface area contributed by atoms with Crippen molar-refractivity contribution in [3.05, 3.63) is 29.8 Å². The van der Waals surface area contributed by atoms with Gasteiger partial charge < -0.3 is 9.47 Å². The molecule has 0 bridgehead atoms. The van der Waals surface area contributed by atoms with E-state index < -0.39 is 27.9 Å². The van der Waals surface area contributed by atoms with Crippen molar-refractivity contribution < 1.29 is 35.6 Å². The first-order chi connectivity index (χ1) is 9.71. The number of benzene rings is 1. The Labute approximate surface area is 120 Å². The fourth-order valence-corrected chi connectivity index (χ4v) is 1.77. The van der Waals surface area contributed by atoms with Crippen LogP contribution in [0.15, 0.2) is 24.3 Å². The molecule has 0 saturated carbocycles. The Morgan fingerprint density at radius 1 is 1.19 bits per heavy atom. The molecule has 0 aromatic heterocycles. The van der Waals surface area contributed by atoms with Crippen LogP contribution in [0, 0.1) is 0 Å². The molecule has 9 heteroatoms. The van der Waals surface area contributed by atoms with E-state index in [1.807, 2.05) is 0 Å². The minimum Gasteiger partial charge on any atom is -0.497 e. The minimum absolute atomic E-state index is 0.271. The molecule has 0 N–H and O–H groups in total. The topological polar surface area (TPSA) is 78.9 Å². The molecule has 0 saturated heterocycles. The van der Waals surface area contributed by atoms with Crippen LogP contribution in [0.2, 0.25) is 0 Å². The van der Waals surface area contributed by atoms with E-state index in [1.54, 1.807) is 24.3 Å². The van der Waals surface area contributed by atoms with Gasteiger partial charge in [-0.05, 0) is 17.7 Å². The molecular weight excluding hydrogens is 310 g/mol. The van der Waals surface area contributed by atoms with Crippen molar-refractivity contribution in [2.75, 3.05) is 20.8 Å². The van der Waals surface area contributed by atoms with Crippen LogP contribution in [0.3, 0.4) is 0 Å². The summed E-state index contributed by atoms with van der Waals surface area (Å²) in [5.74, 6) is -0.406. The lowest BCUT2D eigenvalue weighted by Gasteiger charge is -2.15. The molecule has 0 aliphatic heterocycles. The monoisotopic (exact) mass is 324 g/mol. The predicted molar refractivity (Wildman–Crippen MR) is 68.5 cm³/mol. The van der Waals surface area contributed by atoms with Gasteiger partial charge >= 0.3 is 21.3 Å². The van der Waals surface area contributed by atoms with Gasteiger partial charge in [0.05, 0.1) is 20.6 Å². The van der Waals surface area contributed by atoms with Crippen LogP contribution in [0.5, 0.6) is 5.75 Å². The highest BCUT2D eigenvalue weighted by molar-refractivity contribution is 7.87. The van der Waals surface area contributed by atoms with E-state index in [9.17, 15) is 22.0 Å². The lowest BCUT2D eigenvalue weighted by atomic mass is 10.1. The predicted octanol–water partition coefficient (Wildman–Crippen LogP) is 1.35. The second-order valence-corrected chi connectivity index (χ2v) is 5.78. The van der Waals surface area contributed by atoms with E-state index in [0.717, 1.165) is 0 Å². The average molecular weight is 324 g/mol. The molecule has 1 aromatic rings. The van der Waals surface area contributed by atoms with Gasteiger partial charge in [-0.25, -0.2) is 0 Å². The molecule has 0 fully saturated rings. The average Bonchev–Trinajstić information content (AvgIpc) is 2.46. The Morgan fingerprint density at radius 3 is 2.24 bits per heavy atom. The zero-order valence-corrected chi connectivity index (χ0v) is 12.2. The van der Waals surface area contributed by atoms with Crippen molar-refractivity contribution >= 4 is 16.1 Å². The first-order valence-corrected chi connectivity index (χ1v) is 7.09. The maximum atomic E-state index is 13.2. The van der Waals surface area contributed by atoms with Gasteiger partial charge in [-0.2, -0.15) is 17.2 Å². The molecule has 0 aliphatic carbocycles. The van der Waals surface area contributed by atoms with Crippen molar-refractivity contribution in [2.45, 2.75) is 11.7 Å². The highest BCUT2D eigenvalue weighted by Crippen LogP contribution is 2.23. The zero-order valence-electron chi connectivity index (χ0n) is 11.3. The van der Waals surface area contributed by atoms with Crippen molar-refractivity contribution in [1.82, 2.24) is 0 Å². The van der Waals surface area contributed by atoms with Gasteiger partial charge in [-0.15, -0.1) is 0 Å². The summed E-state index contributed by atoms with van der Waals surface area (Å²) in [6.45, 7) is -1.60. The van der Waals surface area contributed by atoms with Crippen LogP contribution >= 0.6 is 0 Å². The van der Waals surface area contributed by atoms with E-state index >= 15 is 0 Å². The highest BCUT2D eigenvalue weighted by Gasteiger charge is 2.47. The standard InChI is InChI=1S/C12H14F2O6S/c1-18-10-5-3-9(4-6-10)7-11(15)20-8-12(13,14)21(16,17)19-2/h3-6H,7-8H2,1-2H3. The Hall–Kier alpha value is -1.74. The number of esters is 1. The summed E-state index contributed by atoms with van der Waals surface area (Å²) >= 11 is 0. The van der Waals surface area contributed by atoms with Crippen LogP contribution in [0.25, 0.3) is 0 Å². The molecule has 0 radical (unpaired) electrons. The number of rotatable bonds is 7. The van der Waals surface area contributed by atoms with Crippen molar-refractivity contribution in [2.24, 2.45) is 0 Å². The fraction of sp³-hybridized carbons (Fsp3) is 0.417. The third-order valence-corrected chi connectivity index (χ3v) is 3.78. The Kier molecular flexibility index (Phi) is 5.62. The third-order valence-electron chi connectivity index (χ3n) is 2.49. The zero-order chi connectivity index (χ0) is 16.1. The van der Waals surface area contributed by atoms with Crippen LogP contribution in [-0.4, -0.2) is 40.5 Å². The van der Waals surface area contributed by atoms with E-state index in [2.05, 4.69) is 8.92 Å². The van der Waals surface area contributed by atoms with Crippen molar-refractivity contribution in [3.63, 3.8) is 0 Å². The van der Waals surface area contributed by atoms with Gasteiger partial charge in [0.25, 0.3) is 0 Å². The molecule has 0 amide bonds. The van der Waals surface area contributed by atoms with Crippen LogP contribution < -0.4 is 4.74 Å². The Morgan fingerprint density at radius 2 is 1.76 bits per heavy atom. The second kappa shape index (κ2) is 6.81.